The van der Waals surface area contributed by atoms with Gasteiger partial charge in [-0.05, 0) is 63.4 Å². The molecule has 2 aliphatic rings. The van der Waals surface area contributed by atoms with E-state index in [2.05, 4.69) is 10.3 Å². The van der Waals surface area contributed by atoms with Crippen LogP contribution in [0.5, 0.6) is 5.75 Å². The van der Waals surface area contributed by atoms with E-state index in [0.717, 1.165) is 48.0 Å². The molecular formula is C28H34N4O3. The fourth-order valence-electron chi connectivity index (χ4n) is 5.29. The first kappa shape index (κ1) is 23.4. The van der Waals surface area contributed by atoms with Gasteiger partial charge in [0.05, 0.1) is 23.7 Å². The Hall–Kier alpha value is -3.35. The number of rotatable bonds is 6. The number of carbonyl (C=O) groups is 2. The van der Waals surface area contributed by atoms with Crippen LogP contribution in [0.3, 0.4) is 0 Å². The lowest BCUT2D eigenvalue weighted by atomic mass is 9.91. The number of nitrogens with one attached hydrogen (secondary N) is 1. The third-order valence-electron chi connectivity index (χ3n) is 7.22. The van der Waals surface area contributed by atoms with Gasteiger partial charge in [-0.25, -0.2) is 4.98 Å². The molecule has 0 saturated heterocycles. The Morgan fingerprint density at radius 3 is 2.54 bits per heavy atom. The van der Waals surface area contributed by atoms with Gasteiger partial charge in [0.25, 0.3) is 5.91 Å². The Labute approximate surface area is 206 Å². The summed E-state index contributed by atoms with van der Waals surface area (Å²) in [7, 11) is 0. The molecular weight excluding hydrogens is 440 g/mol. The summed E-state index contributed by atoms with van der Waals surface area (Å²) >= 11 is 0. The summed E-state index contributed by atoms with van der Waals surface area (Å²) in [6.45, 7) is 6.54. The maximum atomic E-state index is 13.9. The molecule has 5 rings (SSSR count). The number of nitrogens with zero attached hydrogens (tertiary/aromatic N) is 3. The summed E-state index contributed by atoms with van der Waals surface area (Å²) in [5.41, 5.74) is 1.54. The predicted molar refractivity (Wildman–Crippen MR) is 135 cm³/mol. The number of aromatic nitrogens is 2. The second-order valence-corrected chi connectivity index (χ2v) is 10.3. The van der Waals surface area contributed by atoms with Crippen LogP contribution in [0.2, 0.25) is 0 Å². The van der Waals surface area contributed by atoms with E-state index >= 15 is 0 Å². The zero-order valence-electron chi connectivity index (χ0n) is 20.8. The largest absolute Gasteiger partial charge is 0.491 e. The first-order chi connectivity index (χ1) is 16.8. The molecule has 0 radical (unpaired) electrons. The summed E-state index contributed by atoms with van der Waals surface area (Å²) in [5, 5.41) is 3.28. The molecule has 1 aromatic heterocycles. The smallest absolute Gasteiger partial charge is 0.291 e. The summed E-state index contributed by atoms with van der Waals surface area (Å²) < 4.78 is 7.68. The molecule has 7 nitrogen and oxygen atoms in total. The van der Waals surface area contributed by atoms with Crippen molar-refractivity contribution in [3.63, 3.8) is 0 Å². The second kappa shape index (κ2) is 9.36. The number of hydrogen-bond donors (Lipinski definition) is 1. The van der Waals surface area contributed by atoms with Gasteiger partial charge in [0.2, 0.25) is 5.91 Å². The van der Waals surface area contributed by atoms with E-state index < -0.39 is 5.54 Å². The number of para-hydroxylation sites is 2. The Balaban J connectivity index is 1.49. The van der Waals surface area contributed by atoms with Crippen LogP contribution < -0.4 is 10.1 Å². The fraction of sp³-hybridized carbons (Fsp3) is 0.464. The molecule has 2 aromatic carbocycles. The standard InChI is InChI=1S/C28H34N4O3/c1-19(2)35-22-15-13-20(14-16-22)17-32-26(33)25-30-23-11-7-8-12-24(23)31(25)18-28(32,3)27(34)29-21-9-5-4-6-10-21/h7-8,11-16,19,21H,4-6,9-10,17-18H2,1-3H3,(H,29,34). The van der Waals surface area contributed by atoms with Gasteiger partial charge in [-0.3, -0.25) is 9.59 Å². The molecule has 1 unspecified atom stereocenters. The van der Waals surface area contributed by atoms with Gasteiger partial charge in [-0.1, -0.05) is 43.5 Å². The van der Waals surface area contributed by atoms with Gasteiger partial charge in [0.15, 0.2) is 5.82 Å². The summed E-state index contributed by atoms with van der Waals surface area (Å²) in [4.78, 5) is 34.0. The van der Waals surface area contributed by atoms with Crippen LogP contribution in [0.1, 0.15) is 69.1 Å². The van der Waals surface area contributed by atoms with Crippen LogP contribution in [0.4, 0.5) is 0 Å². The molecule has 2 heterocycles. The molecule has 2 amide bonds. The normalized spacial score (nSPS) is 20.8. The van der Waals surface area contributed by atoms with Crippen molar-refractivity contribution in [1.82, 2.24) is 19.8 Å². The molecule has 1 atom stereocenters. The minimum Gasteiger partial charge on any atom is -0.491 e. The summed E-state index contributed by atoms with van der Waals surface area (Å²) in [6, 6.07) is 15.6. The lowest BCUT2D eigenvalue weighted by molar-refractivity contribution is -0.134. The fourth-order valence-corrected chi connectivity index (χ4v) is 5.29. The van der Waals surface area contributed by atoms with Gasteiger partial charge >= 0.3 is 0 Å². The highest BCUT2D eigenvalue weighted by Gasteiger charge is 2.48. The molecule has 0 bridgehead atoms. The van der Waals surface area contributed by atoms with E-state index in [9.17, 15) is 9.59 Å². The number of hydrogen-bond acceptors (Lipinski definition) is 4. The number of carbonyl (C=O) groups excluding carboxylic acids is 2. The predicted octanol–water partition coefficient (Wildman–Crippen LogP) is 4.69. The van der Waals surface area contributed by atoms with E-state index in [1.165, 1.54) is 6.42 Å². The van der Waals surface area contributed by atoms with Crippen LogP contribution in [-0.2, 0) is 17.9 Å². The van der Waals surface area contributed by atoms with Crippen molar-refractivity contribution in [2.24, 2.45) is 0 Å². The van der Waals surface area contributed by atoms with Crippen molar-refractivity contribution in [3.05, 3.63) is 59.9 Å². The van der Waals surface area contributed by atoms with Crippen LogP contribution in [0.25, 0.3) is 11.0 Å². The van der Waals surface area contributed by atoms with Crippen molar-refractivity contribution < 1.29 is 14.3 Å². The lowest BCUT2D eigenvalue weighted by Crippen LogP contribution is -2.64. The number of ether oxygens (including phenoxy) is 1. The van der Waals surface area contributed by atoms with E-state index in [1.54, 1.807) is 4.90 Å². The molecule has 1 N–H and O–H groups in total. The molecule has 1 fully saturated rings. The van der Waals surface area contributed by atoms with Crippen molar-refractivity contribution in [2.45, 2.75) is 83.6 Å². The van der Waals surface area contributed by atoms with E-state index in [1.807, 2.05) is 73.9 Å². The Kier molecular flexibility index (Phi) is 6.26. The Morgan fingerprint density at radius 2 is 1.83 bits per heavy atom. The summed E-state index contributed by atoms with van der Waals surface area (Å²) in [5.74, 6) is 0.847. The zero-order valence-corrected chi connectivity index (χ0v) is 20.8. The average Bonchev–Trinajstić information content (AvgIpc) is 3.21. The van der Waals surface area contributed by atoms with E-state index in [0.29, 0.717) is 18.9 Å². The molecule has 35 heavy (non-hydrogen) atoms. The van der Waals surface area contributed by atoms with Crippen molar-refractivity contribution >= 4 is 22.8 Å². The number of fused-ring (bicyclic) bond motifs is 3. The number of amides is 2. The monoisotopic (exact) mass is 474 g/mol. The molecule has 1 aliphatic carbocycles. The molecule has 184 valence electrons. The van der Waals surface area contributed by atoms with Gasteiger partial charge < -0.3 is 19.5 Å². The first-order valence-corrected chi connectivity index (χ1v) is 12.7. The lowest BCUT2D eigenvalue weighted by Gasteiger charge is -2.44. The molecule has 7 heteroatoms. The zero-order chi connectivity index (χ0) is 24.6. The minimum absolute atomic E-state index is 0.0873. The van der Waals surface area contributed by atoms with Gasteiger partial charge in [0, 0.05) is 12.6 Å². The van der Waals surface area contributed by atoms with Crippen molar-refractivity contribution in [1.29, 1.82) is 0 Å². The van der Waals surface area contributed by atoms with Crippen LogP contribution in [0.15, 0.2) is 48.5 Å². The highest BCUT2D eigenvalue weighted by Crippen LogP contribution is 2.33. The highest BCUT2D eigenvalue weighted by molar-refractivity contribution is 6.01. The van der Waals surface area contributed by atoms with Gasteiger partial charge in [-0.2, -0.15) is 0 Å². The molecule has 3 aromatic rings. The van der Waals surface area contributed by atoms with Crippen molar-refractivity contribution in [3.8, 4) is 5.75 Å². The van der Waals surface area contributed by atoms with Crippen LogP contribution in [-0.4, -0.2) is 44.0 Å². The van der Waals surface area contributed by atoms with Gasteiger partial charge in [-0.15, -0.1) is 0 Å². The Bertz CT molecular complexity index is 1230. The highest BCUT2D eigenvalue weighted by atomic mass is 16.5. The van der Waals surface area contributed by atoms with Crippen LogP contribution in [0, 0.1) is 0 Å². The maximum Gasteiger partial charge on any atom is 0.291 e. The first-order valence-electron chi connectivity index (χ1n) is 12.7. The minimum atomic E-state index is -1.04. The topological polar surface area (TPSA) is 76.5 Å². The molecule has 1 saturated carbocycles. The van der Waals surface area contributed by atoms with E-state index in [-0.39, 0.29) is 24.0 Å². The second-order valence-electron chi connectivity index (χ2n) is 10.3. The number of imidazole rings is 1. The quantitative estimate of drug-likeness (QED) is 0.563. The number of benzene rings is 2. The van der Waals surface area contributed by atoms with E-state index in [4.69, 9.17) is 4.74 Å². The third kappa shape index (κ3) is 4.51. The third-order valence-corrected chi connectivity index (χ3v) is 7.22. The Morgan fingerprint density at radius 1 is 1.11 bits per heavy atom. The van der Waals surface area contributed by atoms with Gasteiger partial charge in [0.1, 0.15) is 11.3 Å². The maximum absolute atomic E-state index is 13.9. The SMILES string of the molecule is CC(C)Oc1ccc(CN2C(=O)c3nc4ccccc4n3CC2(C)C(=O)NC2CCCCC2)cc1. The molecule has 1 aliphatic heterocycles. The van der Waals surface area contributed by atoms with Crippen LogP contribution >= 0.6 is 0 Å². The summed E-state index contributed by atoms with van der Waals surface area (Å²) in [6.07, 6.45) is 5.55. The van der Waals surface area contributed by atoms with Crippen molar-refractivity contribution in [2.75, 3.05) is 0 Å². The molecule has 0 spiro atoms. The average molecular weight is 475 g/mol.